The molecule has 0 spiro atoms. The van der Waals surface area contributed by atoms with E-state index in [1.165, 1.54) is 36.4 Å². The number of carbonyl (C=O) groups excluding carboxylic acids is 1. The van der Waals surface area contributed by atoms with Gasteiger partial charge in [-0.3, -0.25) is 4.79 Å². The van der Waals surface area contributed by atoms with Crippen molar-refractivity contribution in [3.05, 3.63) is 94.8 Å². The summed E-state index contributed by atoms with van der Waals surface area (Å²) in [4.78, 5) is 12.5. The highest BCUT2D eigenvalue weighted by Gasteiger charge is 2.37. The van der Waals surface area contributed by atoms with Crippen LogP contribution in [-0.2, 0) is 33.7 Å². The molecule has 13 heteroatoms. The van der Waals surface area contributed by atoms with Crippen molar-refractivity contribution in [1.29, 1.82) is 0 Å². The molecule has 3 aromatic rings. The fourth-order valence-corrected chi connectivity index (χ4v) is 4.65. The molecule has 0 aliphatic rings. The molecule has 0 aromatic heterocycles. The minimum absolute atomic E-state index is 0.0989. The largest absolute Gasteiger partial charge is 0.416 e. The van der Waals surface area contributed by atoms with E-state index in [0.717, 1.165) is 17.7 Å². The highest BCUT2D eigenvalue weighted by Crippen LogP contribution is 2.37. The number of rotatable bonds is 7. The first kappa shape index (κ1) is 28.1. The van der Waals surface area contributed by atoms with Crippen molar-refractivity contribution in [2.45, 2.75) is 30.7 Å². The van der Waals surface area contributed by atoms with Crippen LogP contribution in [0.1, 0.15) is 22.3 Å². The molecule has 5 nitrogen and oxygen atoms in total. The van der Waals surface area contributed by atoms with Crippen molar-refractivity contribution in [3.63, 3.8) is 0 Å². The topological polar surface area (TPSA) is 66.5 Å². The maximum Gasteiger partial charge on any atom is 0.416 e. The van der Waals surface area contributed by atoms with Crippen LogP contribution in [0.15, 0.2) is 71.6 Å². The molecule has 1 N–H and O–H groups in total. The van der Waals surface area contributed by atoms with Crippen LogP contribution in [0, 0.1) is 12.7 Å². The number of hydrogen-bond donors (Lipinski definition) is 1. The van der Waals surface area contributed by atoms with Crippen molar-refractivity contribution in [1.82, 2.24) is 4.31 Å². The average Bonchev–Trinajstić information content (AvgIpc) is 2.79. The van der Waals surface area contributed by atoms with E-state index >= 15 is 0 Å². The average molecular weight is 548 g/mol. The van der Waals surface area contributed by atoms with Crippen LogP contribution in [0.25, 0.3) is 0 Å². The molecule has 0 aliphatic heterocycles. The number of halogens is 7. The lowest BCUT2D eigenvalue weighted by molar-refractivity contribution is -0.143. The van der Waals surface area contributed by atoms with Crippen molar-refractivity contribution in [2.24, 2.45) is 0 Å². The van der Waals surface area contributed by atoms with Crippen LogP contribution in [0.3, 0.4) is 0 Å². The molecule has 0 unspecified atom stereocenters. The standard InChI is InChI=1S/C24H19F7N2O3S/c1-15-2-8-21(9-3-15)37(35,36)33(13-16-4-6-19(25)7-5-16)14-22(34)32-20-11-17(23(26,27)28)10-18(12-20)24(29,30)31/h2-12H,13-14H2,1H3,(H,32,34). The minimum atomic E-state index is -5.13. The SMILES string of the molecule is Cc1ccc(S(=O)(=O)N(CC(=O)Nc2cc(C(F)(F)F)cc(C(F)(F)F)c2)Cc2ccc(F)cc2)cc1. The van der Waals surface area contributed by atoms with E-state index < -0.39 is 64.0 Å². The van der Waals surface area contributed by atoms with Gasteiger partial charge < -0.3 is 5.32 Å². The fourth-order valence-electron chi connectivity index (χ4n) is 3.27. The predicted octanol–water partition coefficient (Wildman–Crippen LogP) is 6.00. The summed E-state index contributed by atoms with van der Waals surface area (Å²) in [5.41, 5.74) is -3.09. The number of hydrogen-bond acceptors (Lipinski definition) is 3. The second-order valence-electron chi connectivity index (χ2n) is 8.06. The Labute approximate surface area is 207 Å². The normalized spacial score (nSPS) is 12.6. The first-order valence-corrected chi connectivity index (χ1v) is 11.9. The highest BCUT2D eigenvalue weighted by atomic mass is 32.2. The zero-order valence-electron chi connectivity index (χ0n) is 19.0. The summed E-state index contributed by atoms with van der Waals surface area (Å²) < 4.78 is 119. The number of amides is 1. The van der Waals surface area contributed by atoms with Gasteiger partial charge in [0.15, 0.2) is 0 Å². The van der Waals surface area contributed by atoms with Gasteiger partial charge in [0.2, 0.25) is 15.9 Å². The maximum absolute atomic E-state index is 13.3. The van der Waals surface area contributed by atoms with Crippen molar-refractivity contribution in [2.75, 3.05) is 11.9 Å². The van der Waals surface area contributed by atoms with Gasteiger partial charge >= 0.3 is 12.4 Å². The van der Waals surface area contributed by atoms with Gasteiger partial charge in [-0.05, 0) is 55.0 Å². The van der Waals surface area contributed by atoms with Crippen LogP contribution in [-0.4, -0.2) is 25.2 Å². The lowest BCUT2D eigenvalue weighted by Crippen LogP contribution is -2.37. The van der Waals surface area contributed by atoms with E-state index in [0.29, 0.717) is 16.4 Å². The summed E-state index contributed by atoms with van der Waals surface area (Å²) >= 11 is 0. The summed E-state index contributed by atoms with van der Waals surface area (Å²) in [7, 11) is -4.36. The zero-order chi connectivity index (χ0) is 27.6. The molecule has 0 saturated heterocycles. The van der Waals surface area contributed by atoms with Crippen molar-refractivity contribution >= 4 is 21.6 Å². The van der Waals surface area contributed by atoms with Gasteiger partial charge in [0.25, 0.3) is 0 Å². The molecular weight excluding hydrogens is 529 g/mol. The summed E-state index contributed by atoms with van der Waals surface area (Å²) in [6, 6.07) is 10.8. The fraction of sp³-hybridized carbons (Fsp3) is 0.208. The monoisotopic (exact) mass is 548 g/mol. The van der Waals surface area contributed by atoms with E-state index in [9.17, 15) is 43.9 Å². The first-order chi connectivity index (χ1) is 17.1. The van der Waals surface area contributed by atoms with E-state index in [1.807, 2.05) is 5.32 Å². The highest BCUT2D eigenvalue weighted by molar-refractivity contribution is 7.89. The molecule has 0 radical (unpaired) electrons. The number of nitrogens with zero attached hydrogens (tertiary/aromatic N) is 1. The van der Waals surface area contributed by atoms with Crippen LogP contribution in [0.2, 0.25) is 0 Å². The molecule has 0 atom stereocenters. The summed E-state index contributed by atoms with van der Waals surface area (Å²) in [5.74, 6) is -1.79. The molecule has 3 aromatic carbocycles. The lowest BCUT2D eigenvalue weighted by Gasteiger charge is -2.22. The number of benzene rings is 3. The molecule has 1 amide bonds. The maximum atomic E-state index is 13.3. The van der Waals surface area contributed by atoms with Gasteiger partial charge in [0.1, 0.15) is 5.82 Å². The smallest absolute Gasteiger partial charge is 0.325 e. The molecule has 37 heavy (non-hydrogen) atoms. The summed E-state index contributed by atoms with van der Waals surface area (Å²) in [6.07, 6.45) is -10.3. The van der Waals surface area contributed by atoms with Gasteiger partial charge in [-0.25, -0.2) is 12.8 Å². The van der Waals surface area contributed by atoms with Gasteiger partial charge in [-0.2, -0.15) is 30.6 Å². The third kappa shape index (κ3) is 7.29. The van der Waals surface area contributed by atoms with Crippen LogP contribution in [0.4, 0.5) is 36.4 Å². The third-order valence-corrected chi connectivity index (χ3v) is 6.93. The van der Waals surface area contributed by atoms with E-state index in [-0.39, 0.29) is 16.5 Å². The Balaban J connectivity index is 1.94. The Hall–Kier alpha value is -3.45. The Bertz CT molecular complexity index is 1340. The van der Waals surface area contributed by atoms with Crippen LogP contribution >= 0.6 is 0 Å². The van der Waals surface area contributed by atoms with E-state index in [1.54, 1.807) is 6.92 Å². The predicted molar refractivity (Wildman–Crippen MR) is 120 cm³/mol. The van der Waals surface area contributed by atoms with Gasteiger partial charge in [-0.1, -0.05) is 29.8 Å². The first-order valence-electron chi connectivity index (χ1n) is 10.5. The molecule has 0 bridgehead atoms. The second-order valence-corrected chi connectivity index (χ2v) is 9.99. The van der Waals surface area contributed by atoms with Gasteiger partial charge in [0, 0.05) is 12.2 Å². The number of carbonyl (C=O) groups is 1. The molecule has 0 aliphatic carbocycles. The number of sulfonamides is 1. The van der Waals surface area contributed by atoms with Gasteiger partial charge in [-0.15, -0.1) is 0 Å². The number of anilines is 1. The molecule has 198 valence electrons. The molecule has 0 saturated carbocycles. The Kier molecular flexibility index (Phi) is 7.98. The second kappa shape index (κ2) is 10.5. The molecule has 0 heterocycles. The quantitative estimate of drug-likeness (QED) is 0.369. The molecular formula is C24H19F7N2O3S. The number of alkyl halides is 6. The number of nitrogens with one attached hydrogen (secondary N) is 1. The Morgan fingerprint density at radius 3 is 1.84 bits per heavy atom. The third-order valence-electron chi connectivity index (χ3n) is 5.12. The van der Waals surface area contributed by atoms with Crippen LogP contribution < -0.4 is 5.32 Å². The van der Waals surface area contributed by atoms with E-state index in [2.05, 4.69) is 0 Å². The van der Waals surface area contributed by atoms with Gasteiger partial charge in [0.05, 0.1) is 22.6 Å². The number of aryl methyl sites for hydroxylation is 1. The Morgan fingerprint density at radius 2 is 1.35 bits per heavy atom. The van der Waals surface area contributed by atoms with E-state index in [4.69, 9.17) is 0 Å². The summed E-state index contributed by atoms with van der Waals surface area (Å²) in [5, 5.41) is 1.92. The van der Waals surface area contributed by atoms with Crippen LogP contribution in [0.5, 0.6) is 0 Å². The summed E-state index contributed by atoms with van der Waals surface area (Å²) in [6.45, 7) is 0.329. The van der Waals surface area contributed by atoms with Crippen molar-refractivity contribution < 1.29 is 43.9 Å². The molecule has 0 fully saturated rings. The molecule has 3 rings (SSSR count). The lowest BCUT2D eigenvalue weighted by atomic mass is 10.1. The zero-order valence-corrected chi connectivity index (χ0v) is 19.8. The van der Waals surface area contributed by atoms with Crippen molar-refractivity contribution in [3.8, 4) is 0 Å². The Morgan fingerprint density at radius 1 is 0.838 bits per heavy atom. The minimum Gasteiger partial charge on any atom is -0.325 e.